The van der Waals surface area contributed by atoms with Crippen LogP contribution in [0.25, 0.3) is 0 Å². The summed E-state index contributed by atoms with van der Waals surface area (Å²) in [6, 6.07) is 8.02. The second-order valence-corrected chi connectivity index (χ2v) is 7.97. The Balaban J connectivity index is 0.00000192. The Morgan fingerprint density at radius 1 is 1.22 bits per heavy atom. The first kappa shape index (κ1) is 18.6. The van der Waals surface area contributed by atoms with Crippen molar-refractivity contribution >= 4 is 29.9 Å². The Morgan fingerprint density at radius 3 is 2.39 bits per heavy atom. The Labute approximate surface area is 150 Å². The van der Waals surface area contributed by atoms with Crippen LogP contribution in [0, 0.1) is 5.41 Å². The minimum Gasteiger partial charge on any atom is -0.337 e. The Bertz CT molecular complexity index is 577. The molecule has 0 saturated carbocycles. The van der Waals surface area contributed by atoms with Crippen molar-refractivity contribution in [1.82, 2.24) is 10.2 Å². The normalized spacial score (nSPS) is 23.9. The first-order valence-electron chi connectivity index (χ1n) is 8.13. The van der Waals surface area contributed by atoms with Gasteiger partial charge in [0.1, 0.15) is 0 Å². The maximum atomic E-state index is 13.3. The van der Waals surface area contributed by atoms with Crippen molar-refractivity contribution in [2.45, 2.75) is 45.1 Å². The fourth-order valence-corrected chi connectivity index (χ4v) is 4.29. The van der Waals surface area contributed by atoms with Crippen molar-refractivity contribution in [3.05, 3.63) is 34.9 Å². The molecule has 0 bridgehead atoms. The van der Waals surface area contributed by atoms with E-state index in [4.69, 9.17) is 11.6 Å². The largest absolute Gasteiger partial charge is 0.337 e. The van der Waals surface area contributed by atoms with Gasteiger partial charge in [0.2, 0.25) is 5.91 Å². The van der Waals surface area contributed by atoms with E-state index in [1.54, 1.807) is 0 Å². The molecule has 1 aromatic carbocycles. The van der Waals surface area contributed by atoms with Gasteiger partial charge in [0, 0.05) is 23.0 Å². The molecule has 23 heavy (non-hydrogen) atoms. The number of likely N-dealkylation sites (tertiary alicyclic amines) is 1. The maximum Gasteiger partial charge on any atom is 0.230 e. The van der Waals surface area contributed by atoms with Crippen molar-refractivity contribution in [2.24, 2.45) is 5.41 Å². The molecule has 2 fully saturated rings. The van der Waals surface area contributed by atoms with E-state index in [0.717, 1.165) is 43.1 Å². The van der Waals surface area contributed by atoms with Gasteiger partial charge in [0.15, 0.2) is 0 Å². The lowest BCUT2D eigenvalue weighted by Crippen LogP contribution is -2.48. The van der Waals surface area contributed by atoms with Gasteiger partial charge >= 0.3 is 0 Å². The second kappa shape index (κ2) is 6.62. The molecular formula is C18H26Cl2N2O. The number of carbonyl (C=O) groups is 1. The molecule has 1 amide bonds. The molecule has 5 heteroatoms. The highest BCUT2D eigenvalue weighted by Crippen LogP contribution is 2.52. The minimum absolute atomic E-state index is 0. The molecule has 1 N–H and O–H groups in total. The smallest absolute Gasteiger partial charge is 0.230 e. The number of carbonyl (C=O) groups excluding carboxylic acids is 1. The summed E-state index contributed by atoms with van der Waals surface area (Å²) in [6.07, 6.45) is 1.79. The molecule has 2 saturated heterocycles. The summed E-state index contributed by atoms with van der Waals surface area (Å²) in [6.45, 7) is 8.94. The summed E-state index contributed by atoms with van der Waals surface area (Å²) in [4.78, 5) is 15.3. The average molecular weight is 357 g/mol. The molecule has 2 aliphatic rings. The maximum absolute atomic E-state index is 13.3. The summed E-state index contributed by atoms with van der Waals surface area (Å²) in [5.74, 6) is 0.501. The zero-order valence-electron chi connectivity index (χ0n) is 14.1. The molecule has 0 radical (unpaired) electrons. The number of piperidine rings is 1. The Hall–Kier alpha value is -0.770. The van der Waals surface area contributed by atoms with Crippen LogP contribution >= 0.6 is 24.0 Å². The van der Waals surface area contributed by atoms with Crippen LogP contribution in [0.3, 0.4) is 0 Å². The first-order chi connectivity index (χ1) is 10.4. The lowest BCUT2D eigenvalue weighted by molar-refractivity contribution is -0.141. The topological polar surface area (TPSA) is 32.3 Å². The average Bonchev–Trinajstić information content (AvgIpc) is 2.74. The van der Waals surface area contributed by atoms with E-state index in [1.807, 2.05) is 18.2 Å². The number of benzene rings is 1. The highest BCUT2D eigenvalue weighted by molar-refractivity contribution is 6.31. The van der Waals surface area contributed by atoms with E-state index >= 15 is 0 Å². The molecular weight excluding hydrogens is 331 g/mol. The Morgan fingerprint density at radius 2 is 1.83 bits per heavy atom. The standard InChI is InChI=1S/C18H25ClN2O.ClH/c1-17(2,3)21-12-14(13-6-4-5-7-15(13)19)18(16(21)22)8-10-20-11-9-18;/h4-7,14,20H,8-12H2,1-3H3;1H. The van der Waals surface area contributed by atoms with Gasteiger partial charge in [-0.1, -0.05) is 29.8 Å². The van der Waals surface area contributed by atoms with Gasteiger partial charge in [-0.3, -0.25) is 4.79 Å². The first-order valence-corrected chi connectivity index (χ1v) is 8.51. The number of nitrogens with one attached hydrogen (secondary N) is 1. The molecule has 3 rings (SSSR count). The molecule has 3 nitrogen and oxygen atoms in total. The van der Waals surface area contributed by atoms with E-state index < -0.39 is 0 Å². The number of amides is 1. The van der Waals surface area contributed by atoms with E-state index in [9.17, 15) is 4.79 Å². The summed E-state index contributed by atoms with van der Waals surface area (Å²) in [5.41, 5.74) is 0.695. The van der Waals surface area contributed by atoms with Crippen LogP contribution in [-0.4, -0.2) is 36.0 Å². The van der Waals surface area contributed by atoms with Crippen molar-refractivity contribution in [3.8, 4) is 0 Å². The van der Waals surface area contributed by atoms with Crippen molar-refractivity contribution in [1.29, 1.82) is 0 Å². The highest BCUT2D eigenvalue weighted by atomic mass is 35.5. The van der Waals surface area contributed by atoms with Crippen LogP contribution in [0.4, 0.5) is 0 Å². The molecule has 2 aliphatic heterocycles. The zero-order valence-corrected chi connectivity index (χ0v) is 15.6. The third-order valence-corrected chi connectivity index (χ3v) is 5.63. The zero-order chi connectivity index (χ0) is 16.0. The van der Waals surface area contributed by atoms with Gasteiger partial charge in [0.05, 0.1) is 5.41 Å². The fourth-order valence-electron chi connectivity index (χ4n) is 4.03. The number of halogens is 2. The lowest BCUT2D eigenvalue weighted by atomic mass is 9.68. The minimum atomic E-state index is -0.288. The predicted octanol–water partition coefficient (Wildman–Crippen LogP) is 3.86. The number of rotatable bonds is 1. The van der Waals surface area contributed by atoms with Gasteiger partial charge in [0.25, 0.3) is 0 Å². The quantitative estimate of drug-likeness (QED) is 0.828. The second-order valence-electron chi connectivity index (χ2n) is 7.57. The molecule has 0 aromatic heterocycles. The third kappa shape index (κ3) is 3.11. The molecule has 2 heterocycles. The molecule has 1 unspecified atom stereocenters. The SMILES string of the molecule is CC(C)(C)N1CC(c2ccccc2Cl)C2(CCNCC2)C1=O.Cl. The lowest BCUT2D eigenvalue weighted by Gasteiger charge is -2.38. The summed E-state index contributed by atoms with van der Waals surface area (Å²) >= 11 is 6.47. The summed E-state index contributed by atoms with van der Waals surface area (Å²) in [5, 5.41) is 4.18. The van der Waals surface area contributed by atoms with Gasteiger partial charge in [-0.25, -0.2) is 0 Å². The van der Waals surface area contributed by atoms with Gasteiger partial charge in [-0.2, -0.15) is 0 Å². The van der Waals surface area contributed by atoms with E-state index in [0.29, 0.717) is 5.91 Å². The molecule has 128 valence electrons. The molecule has 0 aliphatic carbocycles. The summed E-state index contributed by atoms with van der Waals surface area (Å²) < 4.78 is 0. The van der Waals surface area contributed by atoms with Crippen LogP contribution < -0.4 is 5.32 Å². The third-order valence-electron chi connectivity index (χ3n) is 5.29. The number of hydrogen-bond acceptors (Lipinski definition) is 2. The van der Waals surface area contributed by atoms with Crippen LogP contribution in [0.5, 0.6) is 0 Å². The summed E-state index contributed by atoms with van der Waals surface area (Å²) in [7, 11) is 0. The number of hydrogen-bond donors (Lipinski definition) is 1. The van der Waals surface area contributed by atoms with E-state index in [2.05, 4.69) is 37.1 Å². The van der Waals surface area contributed by atoms with Gasteiger partial charge in [-0.15, -0.1) is 12.4 Å². The van der Waals surface area contributed by atoms with Crippen LogP contribution in [0.15, 0.2) is 24.3 Å². The van der Waals surface area contributed by atoms with Gasteiger partial charge in [-0.05, 0) is 58.3 Å². The van der Waals surface area contributed by atoms with Crippen molar-refractivity contribution in [3.63, 3.8) is 0 Å². The monoisotopic (exact) mass is 356 g/mol. The van der Waals surface area contributed by atoms with Crippen molar-refractivity contribution < 1.29 is 4.79 Å². The number of nitrogens with zero attached hydrogens (tertiary/aromatic N) is 1. The molecule has 1 spiro atoms. The molecule has 1 atom stereocenters. The van der Waals surface area contributed by atoms with Crippen LogP contribution in [0.2, 0.25) is 5.02 Å². The van der Waals surface area contributed by atoms with Crippen LogP contribution in [0.1, 0.15) is 45.1 Å². The highest BCUT2D eigenvalue weighted by Gasteiger charge is 2.56. The predicted molar refractivity (Wildman–Crippen MR) is 97.4 cm³/mol. The van der Waals surface area contributed by atoms with Gasteiger partial charge < -0.3 is 10.2 Å². The van der Waals surface area contributed by atoms with E-state index in [1.165, 1.54) is 0 Å². The van der Waals surface area contributed by atoms with E-state index in [-0.39, 0.29) is 29.3 Å². The fraction of sp³-hybridized carbons (Fsp3) is 0.611. The van der Waals surface area contributed by atoms with Crippen LogP contribution in [-0.2, 0) is 4.79 Å². The van der Waals surface area contributed by atoms with Crippen molar-refractivity contribution in [2.75, 3.05) is 19.6 Å². The molecule has 1 aromatic rings. The Kier molecular flexibility index (Phi) is 5.34.